The molecule has 0 spiro atoms. The second kappa shape index (κ2) is 10.2. The Balaban J connectivity index is 2.07. The van der Waals surface area contributed by atoms with Crippen molar-refractivity contribution in [3.05, 3.63) is 16.1 Å². The number of carbonyl (C=O) groups excluding carboxylic acids is 1. The number of hydrogen-bond donors (Lipinski definition) is 2. The molecule has 0 aliphatic heterocycles. The largest absolute Gasteiger partial charge is 0.396 e. The molecule has 0 aliphatic rings. The minimum Gasteiger partial charge on any atom is -0.396 e. The van der Waals surface area contributed by atoms with Gasteiger partial charge in [0, 0.05) is 36.5 Å². The van der Waals surface area contributed by atoms with Crippen LogP contribution in [0.2, 0.25) is 0 Å². The molecule has 0 bridgehead atoms. The first kappa shape index (κ1) is 17.5. The summed E-state index contributed by atoms with van der Waals surface area (Å²) in [6, 6.07) is 0. The van der Waals surface area contributed by atoms with Crippen LogP contribution < -0.4 is 5.32 Å². The van der Waals surface area contributed by atoms with Gasteiger partial charge in [0.1, 0.15) is 0 Å². The van der Waals surface area contributed by atoms with Crippen LogP contribution in [0.4, 0.5) is 0 Å². The van der Waals surface area contributed by atoms with E-state index in [9.17, 15) is 4.79 Å². The minimum absolute atomic E-state index is 0.100. The molecule has 0 radical (unpaired) electrons. The summed E-state index contributed by atoms with van der Waals surface area (Å²) in [4.78, 5) is 16.1. The fraction of sp³-hybridized carbons (Fsp3) is 0.714. The monoisotopic (exact) mass is 316 g/mol. The van der Waals surface area contributed by atoms with Crippen LogP contribution in [0.1, 0.15) is 36.9 Å². The van der Waals surface area contributed by atoms with Gasteiger partial charge in [-0.05, 0) is 19.3 Å². The third-order valence-electron chi connectivity index (χ3n) is 3.09. The molecule has 2 N–H and O–H groups in total. The van der Waals surface area contributed by atoms with Crippen molar-refractivity contribution in [2.24, 2.45) is 5.92 Å². The van der Waals surface area contributed by atoms with E-state index in [4.69, 9.17) is 5.11 Å². The smallest absolute Gasteiger partial charge is 0.220 e. The van der Waals surface area contributed by atoms with E-state index in [1.807, 2.05) is 6.92 Å². The molecule has 20 heavy (non-hydrogen) atoms. The second-order valence-corrected chi connectivity index (χ2v) is 6.92. The normalized spacial score (nSPS) is 12.3. The molecular formula is C14H24N2O2S2. The lowest BCUT2D eigenvalue weighted by Gasteiger charge is -2.14. The van der Waals surface area contributed by atoms with Gasteiger partial charge in [-0.3, -0.25) is 4.79 Å². The second-order valence-electron chi connectivity index (χ2n) is 4.75. The summed E-state index contributed by atoms with van der Waals surface area (Å²) in [5.41, 5.74) is 1.10. The number of aliphatic hydroxyl groups excluding tert-OH is 1. The van der Waals surface area contributed by atoms with Crippen LogP contribution in [0.25, 0.3) is 0 Å². The molecule has 0 saturated heterocycles. The number of aryl methyl sites for hydroxylation is 1. The molecule has 1 unspecified atom stereocenters. The van der Waals surface area contributed by atoms with Crippen molar-refractivity contribution >= 4 is 29.0 Å². The van der Waals surface area contributed by atoms with Crippen LogP contribution in [0.15, 0.2) is 5.38 Å². The van der Waals surface area contributed by atoms with Crippen LogP contribution >= 0.6 is 23.1 Å². The number of nitrogens with zero attached hydrogens (tertiary/aromatic N) is 1. The maximum Gasteiger partial charge on any atom is 0.220 e. The van der Waals surface area contributed by atoms with Gasteiger partial charge in [-0.2, -0.15) is 11.8 Å². The van der Waals surface area contributed by atoms with E-state index in [1.54, 1.807) is 23.1 Å². The molecule has 0 saturated carbocycles. The van der Waals surface area contributed by atoms with Gasteiger partial charge < -0.3 is 10.4 Å². The Kier molecular flexibility index (Phi) is 8.89. The number of aromatic nitrogens is 1. The molecule has 1 aromatic rings. The van der Waals surface area contributed by atoms with Crippen molar-refractivity contribution in [3.8, 4) is 0 Å². The van der Waals surface area contributed by atoms with E-state index in [-0.39, 0.29) is 12.5 Å². The maximum atomic E-state index is 11.7. The average Bonchev–Trinajstić information content (AvgIpc) is 2.85. The molecule has 0 aromatic carbocycles. The fourth-order valence-electron chi connectivity index (χ4n) is 1.80. The Morgan fingerprint density at radius 2 is 2.40 bits per heavy atom. The lowest BCUT2D eigenvalue weighted by Crippen LogP contribution is -2.29. The van der Waals surface area contributed by atoms with Crippen molar-refractivity contribution in [1.82, 2.24) is 10.3 Å². The van der Waals surface area contributed by atoms with Crippen molar-refractivity contribution < 1.29 is 9.90 Å². The number of thioether (sulfide) groups is 1. The zero-order valence-electron chi connectivity index (χ0n) is 12.2. The SMILES string of the molecule is CCC(CCO)CNC(=O)CCSCc1csc(C)n1. The van der Waals surface area contributed by atoms with Gasteiger partial charge in [0.05, 0.1) is 10.7 Å². The number of aliphatic hydroxyl groups is 1. The molecule has 6 heteroatoms. The molecule has 1 aromatic heterocycles. The number of rotatable bonds is 10. The first-order chi connectivity index (χ1) is 9.65. The highest BCUT2D eigenvalue weighted by atomic mass is 32.2. The minimum atomic E-state index is 0.100. The van der Waals surface area contributed by atoms with Gasteiger partial charge in [-0.15, -0.1) is 11.3 Å². The third kappa shape index (κ3) is 7.26. The average molecular weight is 316 g/mol. The predicted octanol–water partition coefficient (Wildman–Crippen LogP) is 2.60. The summed E-state index contributed by atoms with van der Waals surface area (Å²) in [7, 11) is 0. The molecule has 1 atom stereocenters. The van der Waals surface area contributed by atoms with Gasteiger partial charge >= 0.3 is 0 Å². The summed E-state index contributed by atoms with van der Waals surface area (Å²) < 4.78 is 0. The van der Waals surface area contributed by atoms with Gasteiger partial charge in [0.15, 0.2) is 0 Å². The van der Waals surface area contributed by atoms with E-state index < -0.39 is 0 Å². The summed E-state index contributed by atoms with van der Waals surface area (Å²) in [5.74, 6) is 2.18. The van der Waals surface area contributed by atoms with Gasteiger partial charge in [0.2, 0.25) is 5.91 Å². The molecular weight excluding hydrogens is 292 g/mol. The van der Waals surface area contributed by atoms with Gasteiger partial charge in [-0.1, -0.05) is 13.3 Å². The zero-order chi connectivity index (χ0) is 14.8. The number of hydrogen-bond acceptors (Lipinski definition) is 5. The highest BCUT2D eigenvalue weighted by Crippen LogP contribution is 2.15. The van der Waals surface area contributed by atoms with Crippen molar-refractivity contribution in [1.29, 1.82) is 0 Å². The quantitative estimate of drug-likeness (QED) is 0.651. The first-order valence-corrected chi connectivity index (χ1v) is 9.05. The van der Waals surface area contributed by atoms with Crippen LogP contribution in [0.3, 0.4) is 0 Å². The van der Waals surface area contributed by atoms with E-state index in [0.29, 0.717) is 18.9 Å². The third-order valence-corrected chi connectivity index (χ3v) is 4.91. The van der Waals surface area contributed by atoms with Crippen LogP contribution in [-0.4, -0.2) is 34.9 Å². The van der Waals surface area contributed by atoms with Gasteiger partial charge in [-0.25, -0.2) is 4.98 Å². The summed E-state index contributed by atoms with van der Waals surface area (Å²) >= 11 is 3.40. The Bertz CT molecular complexity index is 396. The summed E-state index contributed by atoms with van der Waals surface area (Å²) in [6.45, 7) is 4.95. The Hall–Kier alpha value is -0.590. The fourth-order valence-corrected chi connectivity index (χ4v) is 3.34. The molecule has 0 aliphatic carbocycles. The molecule has 1 rings (SSSR count). The maximum absolute atomic E-state index is 11.7. The van der Waals surface area contributed by atoms with Crippen LogP contribution in [0, 0.1) is 12.8 Å². The number of carbonyl (C=O) groups is 1. The standard InChI is InChI=1S/C14H24N2O2S2/c1-3-12(4-6-17)8-15-14(18)5-7-19-9-13-10-20-11(2)16-13/h10,12,17H,3-9H2,1-2H3,(H,15,18). The topological polar surface area (TPSA) is 62.2 Å². The predicted molar refractivity (Wildman–Crippen MR) is 86.1 cm³/mol. The van der Waals surface area contributed by atoms with E-state index in [2.05, 4.69) is 22.6 Å². The Labute approximate surface area is 129 Å². The van der Waals surface area contributed by atoms with Crippen LogP contribution in [-0.2, 0) is 10.5 Å². The van der Waals surface area contributed by atoms with E-state index in [0.717, 1.165) is 35.0 Å². The van der Waals surface area contributed by atoms with Crippen molar-refractivity contribution in [2.75, 3.05) is 18.9 Å². The lowest BCUT2D eigenvalue weighted by molar-refractivity contribution is -0.120. The van der Waals surface area contributed by atoms with Crippen molar-refractivity contribution in [3.63, 3.8) is 0 Å². The number of nitrogens with one attached hydrogen (secondary N) is 1. The zero-order valence-corrected chi connectivity index (χ0v) is 13.9. The van der Waals surface area contributed by atoms with Gasteiger partial charge in [0.25, 0.3) is 0 Å². The molecule has 114 valence electrons. The molecule has 1 amide bonds. The molecule has 4 nitrogen and oxygen atoms in total. The first-order valence-electron chi connectivity index (χ1n) is 7.02. The van der Waals surface area contributed by atoms with Crippen molar-refractivity contribution in [2.45, 2.75) is 38.9 Å². The summed E-state index contributed by atoms with van der Waals surface area (Å²) in [6.07, 6.45) is 2.29. The number of thiazole rings is 1. The van der Waals surface area contributed by atoms with E-state index >= 15 is 0 Å². The van der Waals surface area contributed by atoms with E-state index in [1.165, 1.54) is 0 Å². The Morgan fingerprint density at radius 1 is 1.60 bits per heavy atom. The van der Waals surface area contributed by atoms with Crippen LogP contribution in [0.5, 0.6) is 0 Å². The lowest BCUT2D eigenvalue weighted by atomic mass is 10.0. The highest BCUT2D eigenvalue weighted by molar-refractivity contribution is 7.98. The Morgan fingerprint density at radius 3 is 3.00 bits per heavy atom. The number of amides is 1. The summed E-state index contributed by atoms with van der Waals surface area (Å²) in [5, 5.41) is 15.0. The molecule has 0 fully saturated rings. The molecule has 1 heterocycles. The highest BCUT2D eigenvalue weighted by Gasteiger charge is 2.08.